The number of carbonyl (C=O) groups is 1. The van der Waals surface area contributed by atoms with E-state index in [9.17, 15) is 15.2 Å². The van der Waals surface area contributed by atoms with Gasteiger partial charge in [-0.2, -0.15) is 5.26 Å². The van der Waals surface area contributed by atoms with Gasteiger partial charge >= 0.3 is 5.97 Å². The molecule has 3 rings (SSSR count). The van der Waals surface area contributed by atoms with E-state index in [2.05, 4.69) is 6.07 Å². The lowest BCUT2D eigenvalue weighted by Crippen LogP contribution is -2.44. The normalized spacial score (nSPS) is 16.2. The minimum Gasteiger partial charge on any atom is -0.493 e. The van der Waals surface area contributed by atoms with Crippen LogP contribution in [0.2, 0.25) is 0 Å². The maximum atomic E-state index is 12.0. The van der Waals surface area contributed by atoms with Gasteiger partial charge in [0.25, 0.3) is 6.29 Å². The van der Waals surface area contributed by atoms with Crippen molar-refractivity contribution >= 4 is 5.97 Å². The molecule has 0 aliphatic carbocycles. The molecule has 0 aromatic heterocycles. The van der Waals surface area contributed by atoms with Crippen LogP contribution in [0.4, 0.5) is 0 Å². The first-order valence-electron chi connectivity index (χ1n) is 11.7. The number of rotatable bonds is 12. The van der Waals surface area contributed by atoms with Crippen molar-refractivity contribution in [2.45, 2.75) is 52.2 Å². The number of carboxylic acid groups (broad SMARTS) is 1. The zero-order chi connectivity index (χ0) is 24.7. The second-order valence-electron chi connectivity index (χ2n) is 8.80. The Balaban J connectivity index is 1.72. The molecule has 3 unspecified atom stereocenters. The summed E-state index contributed by atoms with van der Waals surface area (Å²) in [5.41, 5.74) is -0.0309. The van der Waals surface area contributed by atoms with Crippen molar-refractivity contribution in [1.29, 1.82) is 5.26 Å². The van der Waals surface area contributed by atoms with Crippen LogP contribution in [0.3, 0.4) is 0 Å². The summed E-state index contributed by atoms with van der Waals surface area (Å²) in [6.07, 6.45) is 1.89. The quantitative estimate of drug-likeness (QED) is 0.442. The summed E-state index contributed by atoms with van der Waals surface area (Å²) in [6.45, 7) is 4.06. The van der Waals surface area contributed by atoms with Crippen LogP contribution in [-0.4, -0.2) is 31.6 Å². The summed E-state index contributed by atoms with van der Waals surface area (Å²) in [5, 5.41) is 20.1. The highest BCUT2D eigenvalue weighted by atomic mass is 16.7. The van der Waals surface area contributed by atoms with E-state index in [1.807, 2.05) is 50.2 Å². The predicted octanol–water partition coefficient (Wildman–Crippen LogP) is 5.47. The van der Waals surface area contributed by atoms with Gasteiger partial charge < -0.3 is 24.1 Å². The van der Waals surface area contributed by atoms with Crippen molar-refractivity contribution in [3.05, 3.63) is 48.0 Å². The molecule has 0 spiro atoms. The second kappa shape index (κ2) is 11.1. The number of carboxylic acids is 1. The molecule has 1 N–H and O–H groups in total. The first-order valence-corrected chi connectivity index (χ1v) is 11.7. The average Bonchev–Trinajstić information content (AvgIpc) is 3.30. The maximum Gasteiger partial charge on any atom is 0.306 e. The van der Waals surface area contributed by atoms with Gasteiger partial charge in [0, 0.05) is 0 Å². The van der Waals surface area contributed by atoms with Gasteiger partial charge in [-0.15, -0.1) is 0 Å². The molecule has 1 aliphatic heterocycles. The third kappa shape index (κ3) is 5.22. The van der Waals surface area contributed by atoms with E-state index in [4.69, 9.17) is 18.9 Å². The Kier molecular flexibility index (Phi) is 8.27. The number of methoxy groups -OCH3 is 2. The van der Waals surface area contributed by atoms with Crippen LogP contribution < -0.4 is 18.9 Å². The molecule has 34 heavy (non-hydrogen) atoms. The highest BCUT2D eigenvalue weighted by Crippen LogP contribution is 2.46. The molecule has 1 heterocycles. The Hall–Kier alpha value is -3.40. The SMILES string of the molecule is CCC(C)C(C#N)(CCCC(Cc1ccc(OC)c(OC)c1)C(=O)O)C1Oc2ccccc2O1. The molecule has 0 saturated heterocycles. The summed E-state index contributed by atoms with van der Waals surface area (Å²) in [5.74, 6) is 0.990. The van der Waals surface area contributed by atoms with E-state index in [0.717, 1.165) is 12.0 Å². The van der Waals surface area contributed by atoms with Crippen molar-refractivity contribution in [2.75, 3.05) is 14.2 Å². The topological polar surface area (TPSA) is 98.0 Å². The molecule has 7 heteroatoms. The van der Waals surface area contributed by atoms with Crippen LogP contribution in [-0.2, 0) is 11.2 Å². The zero-order valence-electron chi connectivity index (χ0n) is 20.2. The summed E-state index contributed by atoms with van der Waals surface area (Å²) in [7, 11) is 3.12. The van der Waals surface area contributed by atoms with Crippen LogP contribution in [0.1, 0.15) is 45.1 Å². The van der Waals surface area contributed by atoms with Crippen LogP contribution >= 0.6 is 0 Å². The Morgan fingerprint density at radius 1 is 1.15 bits per heavy atom. The summed E-state index contributed by atoms with van der Waals surface area (Å²) in [4.78, 5) is 12.0. The lowest BCUT2D eigenvalue weighted by molar-refractivity contribution is -0.142. The highest BCUT2D eigenvalue weighted by Gasteiger charge is 2.49. The van der Waals surface area contributed by atoms with Crippen molar-refractivity contribution in [1.82, 2.24) is 0 Å². The molecule has 3 atom stereocenters. The van der Waals surface area contributed by atoms with E-state index < -0.39 is 23.6 Å². The number of hydrogen-bond donors (Lipinski definition) is 1. The number of hydrogen-bond acceptors (Lipinski definition) is 6. The molecule has 1 aliphatic rings. The Morgan fingerprint density at radius 2 is 1.79 bits per heavy atom. The minimum absolute atomic E-state index is 0.00550. The molecule has 0 saturated carbocycles. The molecule has 182 valence electrons. The molecule has 0 radical (unpaired) electrons. The first-order chi connectivity index (χ1) is 16.4. The summed E-state index contributed by atoms with van der Waals surface area (Å²) >= 11 is 0. The van der Waals surface area contributed by atoms with Crippen LogP contribution in [0, 0.1) is 28.6 Å². The lowest BCUT2D eigenvalue weighted by atomic mass is 9.71. The molecule has 2 aromatic rings. The van der Waals surface area contributed by atoms with Gasteiger partial charge in [-0.05, 0) is 55.0 Å². The predicted molar refractivity (Wildman–Crippen MR) is 127 cm³/mol. The van der Waals surface area contributed by atoms with Gasteiger partial charge in [0.05, 0.1) is 26.2 Å². The number of nitrogens with zero attached hydrogens (tertiary/aromatic N) is 1. The molecule has 0 bridgehead atoms. The van der Waals surface area contributed by atoms with Gasteiger partial charge in [-0.3, -0.25) is 4.79 Å². The number of nitriles is 1. The smallest absolute Gasteiger partial charge is 0.306 e. The van der Waals surface area contributed by atoms with Gasteiger partial charge in [-0.25, -0.2) is 0 Å². The number of ether oxygens (including phenoxy) is 4. The molecule has 2 aromatic carbocycles. The van der Waals surface area contributed by atoms with Gasteiger partial charge in [0.1, 0.15) is 5.41 Å². The summed E-state index contributed by atoms with van der Waals surface area (Å²) in [6, 6.07) is 15.3. The molecular formula is C27H33NO6. The maximum absolute atomic E-state index is 12.0. The van der Waals surface area contributed by atoms with Gasteiger partial charge in [0.2, 0.25) is 0 Å². The van der Waals surface area contributed by atoms with Crippen LogP contribution in [0.15, 0.2) is 42.5 Å². The number of benzene rings is 2. The summed E-state index contributed by atoms with van der Waals surface area (Å²) < 4.78 is 22.7. The third-order valence-electron chi connectivity index (χ3n) is 6.86. The van der Waals surface area contributed by atoms with E-state index in [-0.39, 0.29) is 5.92 Å². The van der Waals surface area contributed by atoms with E-state index in [1.54, 1.807) is 20.3 Å². The van der Waals surface area contributed by atoms with Crippen molar-refractivity contribution in [3.63, 3.8) is 0 Å². The van der Waals surface area contributed by atoms with Crippen LogP contribution in [0.5, 0.6) is 23.0 Å². The van der Waals surface area contributed by atoms with Gasteiger partial charge in [-0.1, -0.05) is 44.9 Å². The molecular weight excluding hydrogens is 434 g/mol. The van der Waals surface area contributed by atoms with Crippen molar-refractivity contribution in [2.24, 2.45) is 17.3 Å². The number of para-hydroxylation sites is 2. The highest BCUT2D eigenvalue weighted by molar-refractivity contribution is 5.70. The van der Waals surface area contributed by atoms with Crippen LogP contribution in [0.25, 0.3) is 0 Å². The molecule has 0 amide bonds. The average molecular weight is 468 g/mol. The fourth-order valence-electron chi connectivity index (χ4n) is 4.54. The van der Waals surface area contributed by atoms with Crippen molar-refractivity contribution in [3.8, 4) is 29.1 Å². The fraction of sp³-hybridized carbons (Fsp3) is 0.481. The monoisotopic (exact) mass is 467 g/mol. The first kappa shape index (κ1) is 25.2. The zero-order valence-corrected chi connectivity index (χ0v) is 20.2. The fourth-order valence-corrected chi connectivity index (χ4v) is 4.54. The molecule has 0 fully saturated rings. The Labute approximate surface area is 201 Å². The number of fused-ring (bicyclic) bond motifs is 1. The minimum atomic E-state index is -0.889. The van der Waals surface area contributed by atoms with E-state index in [0.29, 0.717) is 48.7 Å². The van der Waals surface area contributed by atoms with E-state index in [1.165, 1.54) is 0 Å². The Bertz CT molecular complexity index is 1010. The van der Waals surface area contributed by atoms with E-state index >= 15 is 0 Å². The molecule has 7 nitrogen and oxygen atoms in total. The number of aliphatic carboxylic acids is 1. The van der Waals surface area contributed by atoms with Gasteiger partial charge in [0.15, 0.2) is 23.0 Å². The largest absolute Gasteiger partial charge is 0.493 e. The lowest BCUT2D eigenvalue weighted by Gasteiger charge is -2.36. The third-order valence-corrected chi connectivity index (χ3v) is 6.86. The second-order valence-corrected chi connectivity index (χ2v) is 8.80. The Morgan fingerprint density at radius 3 is 2.32 bits per heavy atom. The standard InChI is InChI=1S/C27H33NO6/c1-5-18(2)27(17-28,26-33-22-10-6-7-11-23(22)34-26)14-8-9-20(25(29)30)15-19-12-13-21(31-3)24(16-19)32-4/h6-7,10-13,16,18,20,26H,5,8-9,14-15H2,1-4H3,(H,29,30). The van der Waals surface area contributed by atoms with Crippen molar-refractivity contribution < 1.29 is 28.8 Å².